The second-order valence-electron chi connectivity index (χ2n) is 2.96. The van der Waals surface area contributed by atoms with Crippen molar-refractivity contribution in [2.24, 2.45) is 0 Å². The molecule has 0 spiro atoms. The summed E-state index contributed by atoms with van der Waals surface area (Å²) in [6.07, 6.45) is 0.00376. The molecular weight excluding hydrogens is 218 g/mol. The van der Waals surface area contributed by atoms with Crippen LogP contribution in [0.5, 0.6) is 5.75 Å². The molecule has 5 heteroatoms. The molecule has 0 unspecified atom stereocenters. The summed E-state index contributed by atoms with van der Waals surface area (Å²) in [5.41, 5.74) is 0. The lowest BCUT2D eigenvalue weighted by molar-refractivity contribution is -0.143. The van der Waals surface area contributed by atoms with Crippen LogP contribution in [-0.2, 0) is 9.53 Å². The molecule has 3 nitrogen and oxygen atoms in total. The van der Waals surface area contributed by atoms with Gasteiger partial charge in [-0.15, -0.1) is 0 Å². The highest BCUT2D eigenvalue weighted by Crippen LogP contribution is 2.19. The second-order valence-corrected chi connectivity index (χ2v) is 2.96. The van der Waals surface area contributed by atoms with Gasteiger partial charge < -0.3 is 9.47 Å². The van der Waals surface area contributed by atoms with Gasteiger partial charge in [0.1, 0.15) is 0 Å². The molecular formula is C11H12F2O3. The van der Waals surface area contributed by atoms with Gasteiger partial charge in [0.2, 0.25) is 5.82 Å². The average molecular weight is 230 g/mol. The zero-order valence-electron chi connectivity index (χ0n) is 8.83. The van der Waals surface area contributed by atoms with Crippen LogP contribution >= 0.6 is 0 Å². The van der Waals surface area contributed by atoms with E-state index in [2.05, 4.69) is 4.74 Å². The number of halogens is 2. The summed E-state index contributed by atoms with van der Waals surface area (Å²) in [6.45, 7) is 1.93. The molecule has 1 aromatic rings. The van der Waals surface area contributed by atoms with Gasteiger partial charge in [-0.2, -0.15) is 4.39 Å². The lowest BCUT2D eigenvalue weighted by Gasteiger charge is -2.06. The molecule has 0 atom stereocenters. The maximum atomic E-state index is 13.1. The quantitative estimate of drug-likeness (QED) is 0.728. The maximum Gasteiger partial charge on any atom is 0.309 e. The molecule has 0 bridgehead atoms. The Balaban J connectivity index is 2.43. The first-order valence-electron chi connectivity index (χ1n) is 4.87. The third-order valence-electron chi connectivity index (χ3n) is 1.79. The van der Waals surface area contributed by atoms with Gasteiger partial charge in [-0.05, 0) is 19.1 Å². The van der Waals surface area contributed by atoms with Crippen molar-refractivity contribution >= 4 is 5.97 Å². The van der Waals surface area contributed by atoms with Gasteiger partial charge in [0.15, 0.2) is 11.6 Å². The molecule has 88 valence electrons. The van der Waals surface area contributed by atoms with Crippen molar-refractivity contribution in [1.82, 2.24) is 0 Å². The number of carbonyl (C=O) groups is 1. The van der Waals surface area contributed by atoms with Crippen LogP contribution in [-0.4, -0.2) is 19.2 Å². The van der Waals surface area contributed by atoms with Crippen LogP contribution in [0.25, 0.3) is 0 Å². The number of carbonyl (C=O) groups excluding carboxylic acids is 1. The molecule has 0 saturated carbocycles. The molecule has 1 rings (SSSR count). The smallest absolute Gasteiger partial charge is 0.309 e. The fourth-order valence-electron chi connectivity index (χ4n) is 1.07. The summed E-state index contributed by atoms with van der Waals surface area (Å²) >= 11 is 0. The number of hydrogen-bond donors (Lipinski definition) is 0. The number of rotatable bonds is 5. The molecule has 1 aromatic carbocycles. The van der Waals surface area contributed by atoms with Crippen LogP contribution in [0.15, 0.2) is 18.2 Å². The van der Waals surface area contributed by atoms with E-state index in [1.807, 2.05) is 0 Å². The molecule has 0 aliphatic heterocycles. The molecule has 16 heavy (non-hydrogen) atoms. The topological polar surface area (TPSA) is 35.5 Å². The Morgan fingerprint density at radius 1 is 1.38 bits per heavy atom. The Labute approximate surface area is 92.0 Å². The van der Waals surface area contributed by atoms with Crippen LogP contribution in [0.2, 0.25) is 0 Å². The third-order valence-corrected chi connectivity index (χ3v) is 1.79. The average Bonchev–Trinajstić information content (AvgIpc) is 2.25. The fraction of sp³-hybridized carbons (Fsp3) is 0.364. The Morgan fingerprint density at radius 2 is 2.12 bits per heavy atom. The highest BCUT2D eigenvalue weighted by atomic mass is 19.2. The van der Waals surface area contributed by atoms with E-state index < -0.39 is 17.6 Å². The van der Waals surface area contributed by atoms with Crippen LogP contribution < -0.4 is 4.74 Å². The number of hydrogen-bond acceptors (Lipinski definition) is 3. The predicted octanol–water partition coefficient (Wildman–Crippen LogP) is 2.30. The van der Waals surface area contributed by atoms with Crippen molar-refractivity contribution in [2.75, 3.05) is 13.2 Å². The molecule has 0 saturated heterocycles. The Morgan fingerprint density at radius 3 is 2.81 bits per heavy atom. The van der Waals surface area contributed by atoms with E-state index in [0.717, 1.165) is 6.07 Å². The highest BCUT2D eigenvalue weighted by molar-refractivity contribution is 5.69. The summed E-state index contributed by atoms with van der Waals surface area (Å²) in [4.78, 5) is 10.9. The minimum Gasteiger partial charge on any atom is -0.490 e. The molecule has 0 aliphatic carbocycles. The Bertz CT molecular complexity index is 366. The molecule has 0 amide bonds. The lowest BCUT2D eigenvalue weighted by Crippen LogP contribution is -2.10. The van der Waals surface area contributed by atoms with E-state index in [1.54, 1.807) is 6.92 Å². The molecule has 0 aliphatic rings. The minimum atomic E-state index is -1.05. The molecule has 0 N–H and O–H groups in total. The van der Waals surface area contributed by atoms with Crippen molar-refractivity contribution in [3.05, 3.63) is 29.8 Å². The van der Waals surface area contributed by atoms with Gasteiger partial charge in [-0.25, -0.2) is 4.39 Å². The summed E-state index contributed by atoms with van der Waals surface area (Å²) in [5, 5.41) is 0. The zero-order valence-corrected chi connectivity index (χ0v) is 8.83. The van der Waals surface area contributed by atoms with Crippen molar-refractivity contribution in [3.63, 3.8) is 0 Å². The fourth-order valence-corrected chi connectivity index (χ4v) is 1.07. The van der Waals surface area contributed by atoms with Crippen molar-refractivity contribution in [2.45, 2.75) is 13.3 Å². The normalized spacial score (nSPS) is 9.94. The van der Waals surface area contributed by atoms with Gasteiger partial charge in [0.25, 0.3) is 0 Å². The van der Waals surface area contributed by atoms with E-state index in [0.29, 0.717) is 0 Å². The summed E-state index contributed by atoms with van der Waals surface area (Å²) in [6, 6.07) is 3.62. The second kappa shape index (κ2) is 6.05. The maximum absolute atomic E-state index is 13.1. The Hall–Kier alpha value is -1.65. The zero-order chi connectivity index (χ0) is 12.0. The van der Waals surface area contributed by atoms with E-state index in [9.17, 15) is 13.6 Å². The van der Waals surface area contributed by atoms with Crippen molar-refractivity contribution < 1.29 is 23.0 Å². The van der Waals surface area contributed by atoms with Gasteiger partial charge in [-0.3, -0.25) is 4.79 Å². The first-order valence-corrected chi connectivity index (χ1v) is 4.87. The van der Waals surface area contributed by atoms with E-state index in [4.69, 9.17) is 4.74 Å². The molecule has 0 radical (unpaired) electrons. The standard InChI is InChI=1S/C11H12F2O3/c1-2-15-10(14)6-7-16-9-5-3-4-8(12)11(9)13/h3-5H,2,6-7H2,1H3. The van der Waals surface area contributed by atoms with E-state index >= 15 is 0 Å². The van der Waals surface area contributed by atoms with Gasteiger partial charge in [0, 0.05) is 0 Å². The molecule has 0 aromatic heterocycles. The third kappa shape index (κ3) is 3.49. The SMILES string of the molecule is CCOC(=O)CCOc1cccc(F)c1F. The van der Waals surface area contributed by atoms with Gasteiger partial charge in [-0.1, -0.05) is 6.07 Å². The van der Waals surface area contributed by atoms with Crippen molar-refractivity contribution in [1.29, 1.82) is 0 Å². The number of ether oxygens (including phenoxy) is 2. The van der Waals surface area contributed by atoms with E-state index in [1.165, 1.54) is 12.1 Å². The Kier molecular flexibility index (Phi) is 4.69. The molecule has 0 fully saturated rings. The highest BCUT2D eigenvalue weighted by Gasteiger charge is 2.09. The van der Waals surface area contributed by atoms with Crippen LogP contribution in [0.4, 0.5) is 8.78 Å². The number of esters is 1. The monoisotopic (exact) mass is 230 g/mol. The van der Waals surface area contributed by atoms with Crippen LogP contribution in [0, 0.1) is 11.6 Å². The summed E-state index contributed by atoms with van der Waals surface area (Å²) < 4.78 is 35.4. The number of benzene rings is 1. The van der Waals surface area contributed by atoms with Crippen LogP contribution in [0.3, 0.4) is 0 Å². The van der Waals surface area contributed by atoms with E-state index in [-0.39, 0.29) is 25.4 Å². The predicted molar refractivity (Wildman–Crippen MR) is 53.1 cm³/mol. The largest absolute Gasteiger partial charge is 0.490 e. The van der Waals surface area contributed by atoms with Gasteiger partial charge in [0.05, 0.1) is 19.6 Å². The first-order chi connectivity index (χ1) is 7.65. The van der Waals surface area contributed by atoms with Gasteiger partial charge >= 0.3 is 5.97 Å². The summed E-state index contributed by atoms with van der Waals surface area (Å²) in [7, 11) is 0. The summed E-state index contributed by atoms with van der Waals surface area (Å²) in [5.74, 6) is -2.66. The molecule has 0 heterocycles. The van der Waals surface area contributed by atoms with Crippen molar-refractivity contribution in [3.8, 4) is 5.75 Å². The first kappa shape index (κ1) is 12.4. The minimum absolute atomic E-state index is 0.00376. The lowest BCUT2D eigenvalue weighted by atomic mass is 10.3. The van der Waals surface area contributed by atoms with Crippen LogP contribution in [0.1, 0.15) is 13.3 Å².